The number of carbonyl (C=O) groups is 4. The zero-order valence-electron chi connectivity index (χ0n) is 15.2. The van der Waals surface area contributed by atoms with Gasteiger partial charge in [-0.05, 0) is 32.1 Å². The quantitative estimate of drug-likeness (QED) is 0.652. The van der Waals surface area contributed by atoms with Crippen molar-refractivity contribution in [3.05, 3.63) is 0 Å². The topological polar surface area (TPSA) is 98.8 Å². The normalized spacial score (nSPS) is 21.5. The second-order valence-electron chi connectivity index (χ2n) is 7.47. The van der Waals surface area contributed by atoms with Crippen LogP contribution in [0.4, 0.5) is 4.79 Å². The standard InChI is InChI=1S/C18H28N4O4/c23-14(19-10-7-15(24)21-11-3-4-12-21)6-5-13-22-16(25)18(20-17(22)26)8-1-2-9-18/h1-13H2,(H,19,23)(H,20,26). The zero-order chi connectivity index (χ0) is 18.6. The number of likely N-dealkylation sites (tertiary alicyclic amines) is 1. The average molecular weight is 364 g/mol. The number of rotatable bonds is 7. The number of nitrogens with one attached hydrogen (secondary N) is 2. The van der Waals surface area contributed by atoms with Crippen molar-refractivity contribution in [1.82, 2.24) is 20.4 Å². The molecule has 2 N–H and O–H groups in total. The molecular weight excluding hydrogens is 336 g/mol. The van der Waals surface area contributed by atoms with Gasteiger partial charge in [0.1, 0.15) is 5.54 Å². The predicted molar refractivity (Wildman–Crippen MR) is 94.1 cm³/mol. The fourth-order valence-corrected chi connectivity index (χ4v) is 4.12. The Morgan fingerprint density at radius 2 is 1.73 bits per heavy atom. The first-order valence-electron chi connectivity index (χ1n) is 9.70. The maximum absolute atomic E-state index is 12.5. The Morgan fingerprint density at radius 3 is 2.42 bits per heavy atom. The Kier molecular flexibility index (Phi) is 5.78. The van der Waals surface area contributed by atoms with Crippen LogP contribution in [-0.4, -0.2) is 65.3 Å². The summed E-state index contributed by atoms with van der Waals surface area (Å²) in [4.78, 5) is 51.4. The van der Waals surface area contributed by atoms with E-state index >= 15 is 0 Å². The van der Waals surface area contributed by atoms with Gasteiger partial charge >= 0.3 is 6.03 Å². The molecule has 5 amide bonds. The smallest absolute Gasteiger partial charge is 0.325 e. The lowest BCUT2D eigenvalue weighted by Gasteiger charge is -2.20. The van der Waals surface area contributed by atoms with Crippen molar-refractivity contribution in [3.8, 4) is 0 Å². The zero-order valence-corrected chi connectivity index (χ0v) is 15.2. The van der Waals surface area contributed by atoms with E-state index in [0.717, 1.165) is 38.8 Å². The van der Waals surface area contributed by atoms with Gasteiger partial charge in [-0.25, -0.2) is 4.79 Å². The first-order valence-corrected chi connectivity index (χ1v) is 9.70. The van der Waals surface area contributed by atoms with E-state index in [0.29, 0.717) is 32.2 Å². The van der Waals surface area contributed by atoms with Crippen molar-refractivity contribution < 1.29 is 19.2 Å². The van der Waals surface area contributed by atoms with Crippen molar-refractivity contribution in [2.45, 2.75) is 63.3 Å². The van der Waals surface area contributed by atoms with Gasteiger partial charge in [-0.1, -0.05) is 12.8 Å². The number of hydrogen-bond donors (Lipinski definition) is 2. The van der Waals surface area contributed by atoms with E-state index in [-0.39, 0.29) is 36.7 Å². The maximum Gasteiger partial charge on any atom is 0.325 e. The van der Waals surface area contributed by atoms with E-state index < -0.39 is 5.54 Å². The van der Waals surface area contributed by atoms with Gasteiger partial charge in [0.05, 0.1) is 0 Å². The van der Waals surface area contributed by atoms with Crippen molar-refractivity contribution in [2.24, 2.45) is 0 Å². The summed E-state index contributed by atoms with van der Waals surface area (Å²) in [7, 11) is 0. The second kappa shape index (κ2) is 8.05. The van der Waals surface area contributed by atoms with E-state index in [1.54, 1.807) is 0 Å². The minimum Gasteiger partial charge on any atom is -0.356 e. The molecule has 0 atom stereocenters. The third kappa shape index (κ3) is 3.99. The molecule has 0 unspecified atom stereocenters. The maximum atomic E-state index is 12.5. The average Bonchev–Trinajstić information content (AvgIpc) is 3.33. The van der Waals surface area contributed by atoms with Crippen LogP contribution in [0, 0.1) is 0 Å². The van der Waals surface area contributed by atoms with Gasteiger partial charge in [0, 0.05) is 39.0 Å². The summed E-state index contributed by atoms with van der Waals surface area (Å²) in [6.45, 7) is 2.23. The lowest BCUT2D eigenvalue weighted by atomic mass is 9.98. The van der Waals surface area contributed by atoms with Gasteiger partial charge in [-0.3, -0.25) is 19.3 Å². The SMILES string of the molecule is O=C(CCCN1C(=O)NC2(CCCC2)C1=O)NCCC(=O)N1CCCC1. The van der Waals surface area contributed by atoms with Crippen LogP contribution in [0.15, 0.2) is 0 Å². The first-order chi connectivity index (χ1) is 12.5. The monoisotopic (exact) mass is 364 g/mol. The molecular formula is C18H28N4O4. The summed E-state index contributed by atoms with van der Waals surface area (Å²) in [5.74, 6) is -0.206. The lowest BCUT2D eigenvalue weighted by Crippen LogP contribution is -2.44. The molecule has 144 valence electrons. The number of nitrogens with zero attached hydrogens (tertiary/aromatic N) is 2. The second-order valence-corrected chi connectivity index (χ2v) is 7.47. The minimum absolute atomic E-state index is 0.0870. The summed E-state index contributed by atoms with van der Waals surface area (Å²) in [6.07, 6.45) is 6.44. The Bertz CT molecular complexity index is 580. The predicted octanol–water partition coefficient (Wildman–Crippen LogP) is 0.760. The summed E-state index contributed by atoms with van der Waals surface area (Å²) < 4.78 is 0. The lowest BCUT2D eigenvalue weighted by molar-refractivity contribution is -0.132. The molecule has 0 aromatic rings. The van der Waals surface area contributed by atoms with Crippen LogP contribution < -0.4 is 10.6 Å². The van der Waals surface area contributed by atoms with Crippen LogP contribution in [-0.2, 0) is 14.4 Å². The molecule has 0 bridgehead atoms. The van der Waals surface area contributed by atoms with Crippen molar-refractivity contribution >= 4 is 23.8 Å². The van der Waals surface area contributed by atoms with E-state index in [1.165, 1.54) is 4.90 Å². The highest BCUT2D eigenvalue weighted by molar-refractivity contribution is 6.07. The highest BCUT2D eigenvalue weighted by Crippen LogP contribution is 2.35. The Hall–Kier alpha value is -2.12. The van der Waals surface area contributed by atoms with Crippen LogP contribution in [0.2, 0.25) is 0 Å². The Balaban J connectivity index is 1.33. The highest BCUT2D eigenvalue weighted by atomic mass is 16.2. The molecule has 1 aliphatic carbocycles. The number of imide groups is 1. The van der Waals surface area contributed by atoms with Gasteiger partial charge in [0.2, 0.25) is 11.8 Å². The number of urea groups is 1. The van der Waals surface area contributed by atoms with Crippen LogP contribution in [0.25, 0.3) is 0 Å². The highest BCUT2D eigenvalue weighted by Gasteiger charge is 2.51. The summed E-state index contributed by atoms with van der Waals surface area (Å²) in [6, 6.07) is -0.339. The number of amides is 5. The summed E-state index contributed by atoms with van der Waals surface area (Å²) in [5.41, 5.74) is -0.685. The fourth-order valence-electron chi connectivity index (χ4n) is 4.12. The minimum atomic E-state index is -0.685. The fraction of sp³-hybridized carbons (Fsp3) is 0.778. The molecule has 0 aromatic heterocycles. The molecule has 2 saturated heterocycles. The molecule has 1 spiro atoms. The summed E-state index contributed by atoms with van der Waals surface area (Å²) >= 11 is 0. The van der Waals surface area contributed by atoms with E-state index in [1.807, 2.05) is 4.90 Å². The molecule has 3 fully saturated rings. The molecule has 8 nitrogen and oxygen atoms in total. The molecule has 2 heterocycles. The molecule has 2 aliphatic heterocycles. The van der Waals surface area contributed by atoms with Gasteiger partial charge < -0.3 is 15.5 Å². The van der Waals surface area contributed by atoms with Crippen molar-refractivity contribution in [1.29, 1.82) is 0 Å². The molecule has 3 rings (SSSR count). The van der Waals surface area contributed by atoms with E-state index in [4.69, 9.17) is 0 Å². The van der Waals surface area contributed by atoms with Gasteiger partial charge in [0.25, 0.3) is 5.91 Å². The molecule has 1 saturated carbocycles. The van der Waals surface area contributed by atoms with E-state index in [9.17, 15) is 19.2 Å². The van der Waals surface area contributed by atoms with Crippen molar-refractivity contribution in [2.75, 3.05) is 26.2 Å². The van der Waals surface area contributed by atoms with Crippen LogP contribution in [0.5, 0.6) is 0 Å². The van der Waals surface area contributed by atoms with Crippen molar-refractivity contribution in [3.63, 3.8) is 0 Å². The third-order valence-electron chi connectivity index (χ3n) is 5.61. The molecule has 0 radical (unpaired) electrons. The molecule has 8 heteroatoms. The van der Waals surface area contributed by atoms with Gasteiger partial charge in [0.15, 0.2) is 0 Å². The van der Waals surface area contributed by atoms with E-state index in [2.05, 4.69) is 10.6 Å². The number of carbonyl (C=O) groups excluding carboxylic acids is 4. The Labute approximate surface area is 153 Å². The Morgan fingerprint density at radius 1 is 1.04 bits per heavy atom. The van der Waals surface area contributed by atoms with Crippen LogP contribution >= 0.6 is 0 Å². The first kappa shape index (κ1) is 18.7. The molecule has 26 heavy (non-hydrogen) atoms. The largest absolute Gasteiger partial charge is 0.356 e. The van der Waals surface area contributed by atoms with Crippen LogP contribution in [0.3, 0.4) is 0 Å². The summed E-state index contributed by atoms with van der Waals surface area (Å²) in [5, 5.41) is 5.58. The van der Waals surface area contributed by atoms with Crippen LogP contribution in [0.1, 0.15) is 57.8 Å². The third-order valence-corrected chi connectivity index (χ3v) is 5.61. The molecule has 0 aromatic carbocycles. The van der Waals surface area contributed by atoms with Gasteiger partial charge in [-0.2, -0.15) is 0 Å². The molecule has 3 aliphatic rings. The number of hydrogen-bond acceptors (Lipinski definition) is 4. The van der Waals surface area contributed by atoms with Gasteiger partial charge in [-0.15, -0.1) is 0 Å².